The van der Waals surface area contributed by atoms with Crippen molar-refractivity contribution in [2.75, 3.05) is 7.11 Å². The molecule has 0 heterocycles. The van der Waals surface area contributed by atoms with Gasteiger partial charge in [-0.05, 0) is 41.3 Å². The fourth-order valence-electron chi connectivity index (χ4n) is 2.42. The molecule has 0 amide bonds. The fourth-order valence-corrected chi connectivity index (χ4v) is 3.75. The number of methoxy groups -OCH3 is 1. The zero-order valence-corrected chi connectivity index (χ0v) is 15.9. The van der Waals surface area contributed by atoms with E-state index in [1.165, 1.54) is 31.4 Å². The molecule has 0 aliphatic heterocycles. The molecule has 0 saturated heterocycles. The van der Waals surface area contributed by atoms with Gasteiger partial charge in [0, 0.05) is 12.1 Å². The molecule has 0 spiro atoms. The molecular weight excluding hydrogens is 372 g/mol. The Morgan fingerprint density at radius 1 is 1.04 bits per heavy atom. The van der Waals surface area contributed by atoms with Gasteiger partial charge in [-0.2, -0.15) is 4.72 Å². The molecular formula is C18H20N2O6S. The summed E-state index contributed by atoms with van der Waals surface area (Å²) in [5, 5.41) is 10.7. The molecule has 2 aromatic rings. The zero-order valence-electron chi connectivity index (χ0n) is 15.1. The summed E-state index contributed by atoms with van der Waals surface area (Å²) in [6.07, 6.45) is 0. The van der Waals surface area contributed by atoms with Gasteiger partial charge in [-0.1, -0.05) is 26.0 Å². The van der Waals surface area contributed by atoms with Crippen LogP contribution in [0.15, 0.2) is 53.4 Å². The van der Waals surface area contributed by atoms with Crippen molar-refractivity contribution in [3.8, 4) is 11.1 Å². The van der Waals surface area contributed by atoms with Gasteiger partial charge in [-0.3, -0.25) is 14.9 Å². The number of non-ortho nitro benzene ring substituents is 1. The van der Waals surface area contributed by atoms with E-state index in [0.29, 0.717) is 11.1 Å². The molecule has 1 atom stereocenters. The van der Waals surface area contributed by atoms with E-state index in [4.69, 9.17) is 0 Å². The molecule has 0 radical (unpaired) electrons. The van der Waals surface area contributed by atoms with Crippen LogP contribution in [0.2, 0.25) is 0 Å². The Bertz CT molecular complexity index is 921. The molecule has 144 valence electrons. The number of rotatable bonds is 7. The van der Waals surface area contributed by atoms with Crippen LogP contribution in [0.25, 0.3) is 11.1 Å². The van der Waals surface area contributed by atoms with Crippen molar-refractivity contribution >= 4 is 21.7 Å². The summed E-state index contributed by atoms with van der Waals surface area (Å²) in [4.78, 5) is 22.0. The summed E-state index contributed by atoms with van der Waals surface area (Å²) < 4.78 is 32.1. The van der Waals surface area contributed by atoms with Gasteiger partial charge in [0.2, 0.25) is 10.0 Å². The largest absolute Gasteiger partial charge is 0.468 e. The number of ether oxygens (including phenoxy) is 1. The Labute approximate surface area is 157 Å². The van der Waals surface area contributed by atoms with Crippen molar-refractivity contribution in [1.29, 1.82) is 0 Å². The Balaban J connectivity index is 2.24. The van der Waals surface area contributed by atoms with Gasteiger partial charge in [-0.15, -0.1) is 0 Å². The number of hydrogen-bond donors (Lipinski definition) is 1. The van der Waals surface area contributed by atoms with E-state index in [1.54, 1.807) is 38.1 Å². The molecule has 27 heavy (non-hydrogen) atoms. The van der Waals surface area contributed by atoms with E-state index in [2.05, 4.69) is 9.46 Å². The second-order valence-corrected chi connectivity index (χ2v) is 7.91. The van der Waals surface area contributed by atoms with Crippen molar-refractivity contribution in [1.82, 2.24) is 4.72 Å². The predicted molar refractivity (Wildman–Crippen MR) is 99.5 cm³/mol. The van der Waals surface area contributed by atoms with Crippen molar-refractivity contribution in [2.24, 2.45) is 5.92 Å². The summed E-state index contributed by atoms with van der Waals surface area (Å²) in [5.41, 5.74) is 1.40. The summed E-state index contributed by atoms with van der Waals surface area (Å²) in [5.74, 6) is -0.942. The van der Waals surface area contributed by atoms with Crippen LogP contribution in [0.1, 0.15) is 13.8 Å². The first kappa shape index (κ1) is 20.5. The Morgan fingerprint density at radius 2 is 1.52 bits per heavy atom. The molecule has 1 unspecified atom stereocenters. The average Bonchev–Trinajstić information content (AvgIpc) is 2.65. The Hall–Kier alpha value is -2.78. The number of esters is 1. The van der Waals surface area contributed by atoms with Crippen molar-refractivity contribution in [2.45, 2.75) is 24.8 Å². The van der Waals surface area contributed by atoms with Crippen molar-refractivity contribution < 1.29 is 22.9 Å². The maximum Gasteiger partial charge on any atom is 0.324 e. The standard InChI is InChI=1S/C18H20N2O6S/c1-12(2)17(18(21)26-3)19-27(24,25)16-10-6-14(7-11-16)13-4-8-15(9-5-13)20(22)23/h4-12,17,19H,1-3H3. The van der Waals surface area contributed by atoms with Gasteiger partial charge in [0.15, 0.2) is 0 Å². The number of nitro benzene ring substituents is 1. The van der Waals surface area contributed by atoms with Crippen LogP contribution in [0, 0.1) is 16.0 Å². The summed E-state index contributed by atoms with van der Waals surface area (Å²) in [7, 11) is -2.72. The van der Waals surface area contributed by atoms with Crippen LogP contribution in [0.3, 0.4) is 0 Å². The third-order valence-electron chi connectivity index (χ3n) is 3.98. The SMILES string of the molecule is COC(=O)C(NS(=O)(=O)c1ccc(-c2ccc([N+](=O)[O-])cc2)cc1)C(C)C. The number of hydrogen-bond acceptors (Lipinski definition) is 6. The van der Waals surface area contributed by atoms with Gasteiger partial charge in [-0.25, -0.2) is 8.42 Å². The number of benzene rings is 2. The first-order valence-electron chi connectivity index (χ1n) is 8.10. The van der Waals surface area contributed by atoms with Gasteiger partial charge >= 0.3 is 5.97 Å². The highest BCUT2D eigenvalue weighted by Crippen LogP contribution is 2.24. The summed E-state index contributed by atoms with van der Waals surface area (Å²) in [6, 6.07) is 11.0. The lowest BCUT2D eigenvalue weighted by Gasteiger charge is -2.19. The van der Waals surface area contributed by atoms with E-state index in [9.17, 15) is 23.3 Å². The van der Waals surface area contributed by atoms with E-state index in [0.717, 1.165) is 0 Å². The van der Waals surface area contributed by atoms with Crippen LogP contribution < -0.4 is 4.72 Å². The zero-order chi connectivity index (χ0) is 20.2. The molecule has 2 rings (SSSR count). The lowest BCUT2D eigenvalue weighted by Crippen LogP contribution is -2.44. The second kappa shape index (κ2) is 8.28. The van der Waals surface area contributed by atoms with E-state index in [-0.39, 0.29) is 16.5 Å². The highest BCUT2D eigenvalue weighted by molar-refractivity contribution is 7.89. The van der Waals surface area contributed by atoms with Crippen LogP contribution >= 0.6 is 0 Å². The first-order valence-corrected chi connectivity index (χ1v) is 9.59. The molecule has 0 aliphatic carbocycles. The van der Waals surface area contributed by atoms with Crippen LogP contribution in [0.4, 0.5) is 5.69 Å². The smallest absolute Gasteiger partial charge is 0.324 e. The molecule has 0 aromatic heterocycles. The van der Waals surface area contributed by atoms with E-state index >= 15 is 0 Å². The maximum absolute atomic E-state index is 12.5. The van der Waals surface area contributed by atoms with E-state index < -0.39 is 27.0 Å². The molecule has 0 bridgehead atoms. The highest BCUT2D eigenvalue weighted by atomic mass is 32.2. The Morgan fingerprint density at radius 3 is 1.93 bits per heavy atom. The number of nitro groups is 1. The van der Waals surface area contributed by atoms with Crippen LogP contribution in [-0.2, 0) is 19.6 Å². The maximum atomic E-state index is 12.5. The number of nitrogens with zero attached hydrogens (tertiary/aromatic N) is 1. The van der Waals surface area contributed by atoms with Gasteiger partial charge < -0.3 is 4.74 Å². The van der Waals surface area contributed by atoms with Gasteiger partial charge in [0.25, 0.3) is 5.69 Å². The van der Waals surface area contributed by atoms with E-state index in [1.807, 2.05) is 0 Å². The third kappa shape index (κ3) is 4.89. The summed E-state index contributed by atoms with van der Waals surface area (Å²) in [6.45, 7) is 3.42. The fraction of sp³-hybridized carbons (Fsp3) is 0.278. The quantitative estimate of drug-likeness (QED) is 0.440. The lowest BCUT2D eigenvalue weighted by atomic mass is 10.1. The molecule has 0 fully saturated rings. The number of carbonyl (C=O) groups is 1. The topological polar surface area (TPSA) is 116 Å². The third-order valence-corrected chi connectivity index (χ3v) is 5.44. The number of nitrogens with one attached hydrogen (secondary N) is 1. The minimum absolute atomic E-state index is 0.00251. The van der Waals surface area contributed by atoms with Gasteiger partial charge in [0.05, 0.1) is 16.9 Å². The number of sulfonamides is 1. The van der Waals surface area contributed by atoms with Crippen molar-refractivity contribution in [3.05, 3.63) is 58.6 Å². The molecule has 0 saturated carbocycles. The average molecular weight is 392 g/mol. The predicted octanol–water partition coefficient (Wildman–Crippen LogP) is 2.74. The molecule has 9 heteroatoms. The minimum Gasteiger partial charge on any atom is -0.468 e. The van der Waals surface area contributed by atoms with Crippen LogP contribution in [-0.4, -0.2) is 32.5 Å². The molecule has 8 nitrogen and oxygen atoms in total. The highest BCUT2D eigenvalue weighted by Gasteiger charge is 2.29. The van der Waals surface area contributed by atoms with Gasteiger partial charge in [0.1, 0.15) is 6.04 Å². The van der Waals surface area contributed by atoms with Crippen LogP contribution in [0.5, 0.6) is 0 Å². The second-order valence-electron chi connectivity index (χ2n) is 6.19. The normalized spacial score (nSPS) is 12.6. The minimum atomic E-state index is -3.92. The Kier molecular flexibility index (Phi) is 6.29. The number of carbonyl (C=O) groups excluding carboxylic acids is 1. The summed E-state index contributed by atoms with van der Waals surface area (Å²) >= 11 is 0. The lowest BCUT2D eigenvalue weighted by molar-refractivity contribution is -0.384. The molecule has 1 N–H and O–H groups in total. The first-order chi connectivity index (χ1) is 12.7. The molecule has 2 aromatic carbocycles. The molecule has 0 aliphatic rings. The monoisotopic (exact) mass is 392 g/mol. The van der Waals surface area contributed by atoms with Crippen molar-refractivity contribution in [3.63, 3.8) is 0 Å².